The topological polar surface area (TPSA) is 76.8 Å². The van der Waals surface area contributed by atoms with Crippen LogP contribution in [0.5, 0.6) is 0 Å². The number of likely N-dealkylation sites (N-methyl/N-ethyl adjacent to an activating group) is 1. The molecule has 7 nitrogen and oxygen atoms in total. The second-order valence-corrected chi connectivity index (χ2v) is 7.22. The van der Waals surface area contributed by atoms with Crippen molar-refractivity contribution in [1.82, 2.24) is 14.7 Å². The Kier molecular flexibility index (Phi) is 8.17. The van der Waals surface area contributed by atoms with E-state index in [0.717, 1.165) is 17.1 Å². The van der Waals surface area contributed by atoms with Crippen LogP contribution >= 0.6 is 0 Å². The van der Waals surface area contributed by atoms with Crippen LogP contribution in [-0.4, -0.2) is 71.3 Å². The molecule has 0 radical (unpaired) electrons. The molecule has 7 heteroatoms. The van der Waals surface area contributed by atoms with Gasteiger partial charge in [-0.05, 0) is 58.0 Å². The fourth-order valence-corrected chi connectivity index (χ4v) is 2.87. The molecule has 1 aromatic carbocycles. The average molecular weight is 389 g/mol. The van der Waals surface area contributed by atoms with E-state index in [-0.39, 0.29) is 25.2 Å². The van der Waals surface area contributed by atoms with E-state index in [1.54, 1.807) is 19.2 Å². The van der Waals surface area contributed by atoms with Gasteiger partial charge < -0.3 is 19.5 Å². The molecule has 0 aliphatic rings. The largest absolute Gasteiger partial charge is 0.389 e. The molecule has 1 amide bonds. The lowest BCUT2D eigenvalue weighted by Gasteiger charge is -2.21. The van der Waals surface area contributed by atoms with Gasteiger partial charge in [-0.15, -0.1) is 0 Å². The van der Waals surface area contributed by atoms with Crippen LogP contribution in [-0.2, 0) is 9.47 Å². The van der Waals surface area contributed by atoms with Gasteiger partial charge in [-0.25, -0.2) is 4.68 Å². The quantitative estimate of drug-likeness (QED) is 0.631. The highest BCUT2D eigenvalue weighted by Gasteiger charge is 2.16. The Labute approximate surface area is 166 Å². The van der Waals surface area contributed by atoms with Crippen molar-refractivity contribution in [2.24, 2.45) is 0 Å². The van der Waals surface area contributed by atoms with Gasteiger partial charge in [0.25, 0.3) is 5.91 Å². The third-order valence-corrected chi connectivity index (χ3v) is 4.19. The Morgan fingerprint density at radius 1 is 1.21 bits per heavy atom. The molecule has 2 rings (SSSR count). The number of hydrogen-bond donors (Lipinski definition) is 1. The predicted octanol–water partition coefficient (Wildman–Crippen LogP) is 2.36. The summed E-state index contributed by atoms with van der Waals surface area (Å²) in [5.41, 5.74) is 3.45. The minimum Gasteiger partial charge on any atom is -0.389 e. The van der Waals surface area contributed by atoms with Gasteiger partial charge in [-0.3, -0.25) is 4.79 Å². The number of aliphatic hydroxyl groups excluding tert-OH is 1. The number of benzene rings is 1. The number of amides is 1. The van der Waals surface area contributed by atoms with Crippen molar-refractivity contribution in [2.75, 3.05) is 33.4 Å². The molecule has 0 spiro atoms. The minimum atomic E-state index is -0.748. The molecule has 28 heavy (non-hydrogen) atoms. The van der Waals surface area contributed by atoms with Gasteiger partial charge >= 0.3 is 0 Å². The van der Waals surface area contributed by atoms with Gasteiger partial charge in [0.15, 0.2) is 0 Å². The second-order valence-electron chi connectivity index (χ2n) is 7.22. The minimum absolute atomic E-state index is 0.151. The number of aromatic nitrogens is 2. The van der Waals surface area contributed by atoms with Crippen molar-refractivity contribution in [3.63, 3.8) is 0 Å². The number of aryl methyl sites for hydroxylation is 2. The molecular formula is C21H31N3O4. The highest BCUT2D eigenvalue weighted by atomic mass is 16.5. The predicted molar refractivity (Wildman–Crippen MR) is 108 cm³/mol. The van der Waals surface area contributed by atoms with Crippen molar-refractivity contribution in [1.29, 1.82) is 0 Å². The van der Waals surface area contributed by atoms with E-state index in [9.17, 15) is 9.90 Å². The number of carbonyl (C=O) groups excluding carboxylic acids is 1. The van der Waals surface area contributed by atoms with Gasteiger partial charge in [-0.1, -0.05) is 0 Å². The number of carbonyl (C=O) groups is 1. The van der Waals surface area contributed by atoms with Crippen LogP contribution < -0.4 is 0 Å². The fraction of sp³-hybridized carbons (Fsp3) is 0.524. The Bertz CT molecular complexity index is 756. The number of nitrogens with zero attached hydrogens (tertiary/aromatic N) is 3. The number of ether oxygens (including phenoxy) is 2. The summed E-state index contributed by atoms with van der Waals surface area (Å²) < 4.78 is 12.6. The lowest BCUT2D eigenvalue weighted by Crippen LogP contribution is -2.36. The molecule has 0 aliphatic carbocycles. The van der Waals surface area contributed by atoms with E-state index in [0.29, 0.717) is 18.8 Å². The van der Waals surface area contributed by atoms with Crippen molar-refractivity contribution >= 4 is 5.91 Å². The molecule has 1 heterocycles. The Morgan fingerprint density at radius 2 is 1.89 bits per heavy atom. The summed E-state index contributed by atoms with van der Waals surface area (Å²) in [6, 6.07) is 9.29. The van der Waals surface area contributed by atoms with Crippen LogP contribution in [0, 0.1) is 13.8 Å². The van der Waals surface area contributed by atoms with Gasteiger partial charge in [0.2, 0.25) is 0 Å². The number of hydrogen-bond acceptors (Lipinski definition) is 5. The first-order valence-corrected chi connectivity index (χ1v) is 9.54. The maximum atomic E-state index is 12.6. The summed E-state index contributed by atoms with van der Waals surface area (Å²) in [4.78, 5) is 14.1. The zero-order chi connectivity index (χ0) is 20.7. The highest BCUT2D eigenvalue weighted by molar-refractivity contribution is 5.94. The lowest BCUT2D eigenvalue weighted by atomic mass is 10.1. The van der Waals surface area contributed by atoms with Crippen LogP contribution in [0.25, 0.3) is 5.69 Å². The molecule has 1 unspecified atom stereocenters. The highest BCUT2D eigenvalue weighted by Crippen LogP contribution is 2.14. The van der Waals surface area contributed by atoms with Crippen molar-refractivity contribution in [3.8, 4) is 5.69 Å². The maximum absolute atomic E-state index is 12.6. The molecule has 0 saturated heterocycles. The van der Waals surface area contributed by atoms with E-state index in [4.69, 9.17) is 9.47 Å². The summed E-state index contributed by atoms with van der Waals surface area (Å²) in [6.45, 7) is 9.12. The van der Waals surface area contributed by atoms with Crippen LogP contribution in [0.1, 0.15) is 35.6 Å². The van der Waals surface area contributed by atoms with Gasteiger partial charge in [0.05, 0.1) is 43.4 Å². The molecule has 1 aromatic heterocycles. The number of aliphatic hydroxyl groups is 1. The van der Waals surface area contributed by atoms with E-state index in [1.807, 2.05) is 50.6 Å². The van der Waals surface area contributed by atoms with Crippen LogP contribution in [0.4, 0.5) is 0 Å². The fourth-order valence-electron chi connectivity index (χ4n) is 2.87. The summed E-state index contributed by atoms with van der Waals surface area (Å²) in [7, 11) is 1.67. The van der Waals surface area contributed by atoms with Crippen molar-refractivity contribution in [2.45, 2.75) is 39.9 Å². The van der Waals surface area contributed by atoms with Crippen LogP contribution in [0.3, 0.4) is 0 Å². The van der Waals surface area contributed by atoms with Crippen molar-refractivity contribution in [3.05, 3.63) is 47.3 Å². The molecule has 0 aliphatic heterocycles. The smallest absolute Gasteiger partial charge is 0.253 e. The summed E-state index contributed by atoms with van der Waals surface area (Å²) in [5.74, 6) is -0.151. The third-order valence-electron chi connectivity index (χ3n) is 4.19. The van der Waals surface area contributed by atoms with E-state index in [2.05, 4.69) is 5.10 Å². The van der Waals surface area contributed by atoms with Gasteiger partial charge in [0, 0.05) is 24.8 Å². The van der Waals surface area contributed by atoms with E-state index >= 15 is 0 Å². The zero-order valence-electron chi connectivity index (χ0n) is 17.4. The Balaban J connectivity index is 1.84. The summed E-state index contributed by atoms with van der Waals surface area (Å²) in [6.07, 6.45) is -0.591. The first-order valence-electron chi connectivity index (χ1n) is 9.54. The molecule has 0 saturated carbocycles. The molecule has 154 valence electrons. The zero-order valence-corrected chi connectivity index (χ0v) is 17.4. The second kappa shape index (κ2) is 10.4. The monoisotopic (exact) mass is 389 g/mol. The first kappa shape index (κ1) is 22.1. The van der Waals surface area contributed by atoms with Crippen LogP contribution in [0.2, 0.25) is 0 Å². The Hall–Kier alpha value is -2.22. The van der Waals surface area contributed by atoms with Crippen molar-refractivity contribution < 1.29 is 19.4 Å². The number of rotatable bonds is 10. The van der Waals surface area contributed by atoms with Crippen LogP contribution in [0.15, 0.2) is 30.3 Å². The average Bonchev–Trinajstić information content (AvgIpc) is 2.98. The standard InChI is InChI=1S/C21H31N3O4/c1-15(2)28-11-10-27-14-20(25)13-23(5)21(26)18-6-8-19(9-7-18)24-17(4)12-16(3)22-24/h6-9,12,15,20,25H,10-11,13-14H2,1-5H3. The first-order chi connectivity index (χ1) is 13.3. The molecule has 2 aromatic rings. The third kappa shape index (κ3) is 6.44. The summed E-state index contributed by atoms with van der Waals surface area (Å²) in [5, 5.41) is 14.5. The molecule has 1 N–H and O–H groups in total. The molecule has 0 fully saturated rings. The normalized spacial score (nSPS) is 12.4. The molecule has 0 bridgehead atoms. The maximum Gasteiger partial charge on any atom is 0.253 e. The van der Waals surface area contributed by atoms with Gasteiger partial charge in [0.1, 0.15) is 0 Å². The lowest BCUT2D eigenvalue weighted by molar-refractivity contribution is -0.0159. The molecular weight excluding hydrogens is 358 g/mol. The summed E-state index contributed by atoms with van der Waals surface area (Å²) >= 11 is 0. The Morgan fingerprint density at radius 3 is 2.46 bits per heavy atom. The van der Waals surface area contributed by atoms with E-state index in [1.165, 1.54) is 4.90 Å². The SMILES string of the molecule is Cc1cc(C)n(-c2ccc(C(=O)N(C)CC(O)COCCOC(C)C)cc2)n1. The van der Waals surface area contributed by atoms with E-state index < -0.39 is 6.10 Å². The molecule has 1 atom stereocenters. The van der Waals surface area contributed by atoms with Gasteiger partial charge in [-0.2, -0.15) is 5.10 Å².